The molecule has 0 atom stereocenters. The Hall–Kier alpha value is -0.940. The normalized spacial score (nSPS) is 10.7. The van der Waals surface area contributed by atoms with Gasteiger partial charge in [-0.15, -0.1) is 0 Å². The van der Waals surface area contributed by atoms with Crippen molar-refractivity contribution in [3.63, 3.8) is 0 Å². The SMILES string of the molecule is CC(C)OCCCCNC(=O)c1cncc(Br)c1. The van der Waals surface area contributed by atoms with Crippen LogP contribution in [0.4, 0.5) is 0 Å². The fourth-order valence-electron chi connectivity index (χ4n) is 1.39. The molecule has 1 N–H and O–H groups in total. The number of rotatable bonds is 7. The molecular formula is C13H19BrN2O2. The summed E-state index contributed by atoms with van der Waals surface area (Å²) >= 11 is 3.29. The van der Waals surface area contributed by atoms with Crippen molar-refractivity contribution < 1.29 is 9.53 Å². The summed E-state index contributed by atoms with van der Waals surface area (Å²) in [4.78, 5) is 15.7. The molecule has 1 rings (SSSR count). The molecule has 0 aliphatic rings. The molecule has 1 heterocycles. The maximum absolute atomic E-state index is 11.7. The number of nitrogens with one attached hydrogen (secondary N) is 1. The summed E-state index contributed by atoms with van der Waals surface area (Å²) in [5.41, 5.74) is 0.572. The van der Waals surface area contributed by atoms with Gasteiger partial charge in [-0.2, -0.15) is 0 Å². The van der Waals surface area contributed by atoms with E-state index < -0.39 is 0 Å². The number of aromatic nitrogens is 1. The van der Waals surface area contributed by atoms with Crippen molar-refractivity contribution in [2.24, 2.45) is 0 Å². The zero-order valence-electron chi connectivity index (χ0n) is 10.8. The smallest absolute Gasteiger partial charge is 0.252 e. The van der Waals surface area contributed by atoms with Gasteiger partial charge in [-0.3, -0.25) is 9.78 Å². The minimum Gasteiger partial charge on any atom is -0.379 e. The first-order valence-corrected chi connectivity index (χ1v) is 6.89. The summed E-state index contributed by atoms with van der Waals surface area (Å²) in [5, 5.41) is 2.86. The molecule has 1 aromatic rings. The van der Waals surface area contributed by atoms with Crippen molar-refractivity contribution in [2.45, 2.75) is 32.8 Å². The highest BCUT2D eigenvalue weighted by molar-refractivity contribution is 9.10. The summed E-state index contributed by atoms with van der Waals surface area (Å²) in [5.74, 6) is -0.0893. The molecule has 0 bridgehead atoms. The van der Waals surface area contributed by atoms with Gasteiger partial charge in [-0.05, 0) is 48.7 Å². The van der Waals surface area contributed by atoms with Crippen molar-refractivity contribution in [1.82, 2.24) is 10.3 Å². The number of carbonyl (C=O) groups is 1. The Morgan fingerprint density at radius 1 is 1.44 bits per heavy atom. The van der Waals surface area contributed by atoms with Crippen LogP contribution in [0.3, 0.4) is 0 Å². The quantitative estimate of drug-likeness (QED) is 0.787. The van der Waals surface area contributed by atoms with Crippen LogP contribution in [-0.4, -0.2) is 30.1 Å². The fraction of sp³-hybridized carbons (Fsp3) is 0.538. The molecule has 0 spiro atoms. The van der Waals surface area contributed by atoms with Gasteiger partial charge in [0.05, 0.1) is 11.7 Å². The van der Waals surface area contributed by atoms with E-state index in [1.807, 2.05) is 13.8 Å². The van der Waals surface area contributed by atoms with Crippen LogP contribution in [0.25, 0.3) is 0 Å². The van der Waals surface area contributed by atoms with Gasteiger partial charge in [0.1, 0.15) is 0 Å². The number of hydrogen-bond donors (Lipinski definition) is 1. The number of unbranched alkanes of at least 4 members (excludes halogenated alkanes) is 1. The molecule has 1 amide bonds. The van der Waals surface area contributed by atoms with Crippen LogP contribution in [0.5, 0.6) is 0 Å². The van der Waals surface area contributed by atoms with Gasteiger partial charge in [-0.1, -0.05) is 0 Å². The van der Waals surface area contributed by atoms with Gasteiger partial charge in [0.15, 0.2) is 0 Å². The maximum Gasteiger partial charge on any atom is 0.252 e. The van der Waals surface area contributed by atoms with Crippen LogP contribution in [-0.2, 0) is 4.74 Å². The standard InChI is InChI=1S/C13H19BrN2O2/c1-10(2)18-6-4-3-5-16-13(17)11-7-12(14)9-15-8-11/h7-10H,3-6H2,1-2H3,(H,16,17). The molecule has 0 fully saturated rings. The van der Waals surface area contributed by atoms with E-state index in [0.29, 0.717) is 12.1 Å². The molecule has 1 aromatic heterocycles. The summed E-state index contributed by atoms with van der Waals surface area (Å²) in [6.07, 6.45) is 5.35. The topological polar surface area (TPSA) is 51.2 Å². The lowest BCUT2D eigenvalue weighted by Gasteiger charge is -2.08. The Kier molecular flexibility index (Phi) is 6.90. The lowest BCUT2D eigenvalue weighted by atomic mass is 10.2. The molecule has 4 nitrogen and oxygen atoms in total. The minimum atomic E-state index is -0.0893. The Labute approximate surface area is 116 Å². The van der Waals surface area contributed by atoms with Gasteiger partial charge >= 0.3 is 0 Å². The second-order valence-corrected chi connectivity index (χ2v) is 5.19. The fourth-order valence-corrected chi connectivity index (χ4v) is 1.75. The van der Waals surface area contributed by atoms with Crippen molar-refractivity contribution >= 4 is 21.8 Å². The van der Waals surface area contributed by atoms with E-state index >= 15 is 0 Å². The number of pyridine rings is 1. The Balaban J connectivity index is 2.18. The largest absolute Gasteiger partial charge is 0.379 e. The number of nitrogens with zero attached hydrogens (tertiary/aromatic N) is 1. The van der Waals surface area contributed by atoms with Gasteiger partial charge in [0, 0.05) is 30.0 Å². The molecule has 0 aliphatic heterocycles. The summed E-state index contributed by atoms with van der Waals surface area (Å²) in [6, 6.07) is 1.75. The van der Waals surface area contributed by atoms with Gasteiger partial charge in [0.25, 0.3) is 5.91 Å². The maximum atomic E-state index is 11.7. The Morgan fingerprint density at radius 3 is 2.89 bits per heavy atom. The molecule has 0 aliphatic carbocycles. The molecule has 5 heteroatoms. The van der Waals surface area contributed by atoms with Crippen molar-refractivity contribution in [3.8, 4) is 0 Å². The third-order valence-corrected chi connectivity index (χ3v) is 2.71. The lowest BCUT2D eigenvalue weighted by molar-refractivity contribution is 0.0754. The molecule has 0 saturated carbocycles. The predicted molar refractivity (Wildman–Crippen MR) is 74.6 cm³/mol. The Bertz CT molecular complexity index is 383. The highest BCUT2D eigenvalue weighted by Crippen LogP contribution is 2.09. The molecule has 100 valence electrons. The molecule has 0 aromatic carbocycles. The van der Waals surface area contributed by atoms with E-state index in [1.165, 1.54) is 0 Å². The first kappa shape index (κ1) is 15.1. The van der Waals surface area contributed by atoms with E-state index in [2.05, 4.69) is 26.2 Å². The van der Waals surface area contributed by atoms with E-state index in [9.17, 15) is 4.79 Å². The molecule has 18 heavy (non-hydrogen) atoms. The van der Waals surface area contributed by atoms with Crippen molar-refractivity contribution in [3.05, 3.63) is 28.5 Å². The monoisotopic (exact) mass is 314 g/mol. The third kappa shape index (κ3) is 6.12. The van der Waals surface area contributed by atoms with Crippen LogP contribution in [0.2, 0.25) is 0 Å². The molecule has 0 saturated heterocycles. The van der Waals surface area contributed by atoms with Crippen LogP contribution < -0.4 is 5.32 Å². The zero-order valence-corrected chi connectivity index (χ0v) is 12.4. The van der Waals surface area contributed by atoms with E-state index in [0.717, 1.165) is 23.9 Å². The Morgan fingerprint density at radius 2 is 2.22 bits per heavy atom. The molecular weight excluding hydrogens is 296 g/mol. The molecule has 0 unspecified atom stereocenters. The number of carbonyl (C=O) groups excluding carboxylic acids is 1. The first-order valence-electron chi connectivity index (χ1n) is 6.10. The number of hydrogen-bond acceptors (Lipinski definition) is 3. The second kappa shape index (κ2) is 8.21. The second-order valence-electron chi connectivity index (χ2n) is 4.27. The third-order valence-electron chi connectivity index (χ3n) is 2.27. The average Bonchev–Trinajstić information content (AvgIpc) is 2.33. The summed E-state index contributed by atoms with van der Waals surface area (Å²) < 4.78 is 6.23. The summed E-state index contributed by atoms with van der Waals surface area (Å²) in [6.45, 7) is 5.43. The van der Waals surface area contributed by atoms with Crippen LogP contribution in [0.15, 0.2) is 22.9 Å². The lowest BCUT2D eigenvalue weighted by Crippen LogP contribution is -2.24. The van der Waals surface area contributed by atoms with Gasteiger partial charge in [-0.25, -0.2) is 0 Å². The average molecular weight is 315 g/mol. The zero-order chi connectivity index (χ0) is 13.4. The van der Waals surface area contributed by atoms with Crippen LogP contribution >= 0.6 is 15.9 Å². The van der Waals surface area contributed by atoms with Crippen molar-refractivity contribution in [1.29, 1.82) is 0 Å². The minimum absolute atomic E-state index is 0.0893. The number of ether oxygens (including phenoxy) is 1. The number of amides is 1. The van der Waals surface area contributed by atoms with Gasteiger partial charge < -0.3 is 10.1 Å². The van der Waals surface area contributed by atoms with Crippen LogP contribution in [0.1, 0.15) is 37.0 Å². The van der Waals surface area contributed by atoms with Crippen molar-refractivity contribution in [2.75, 3.05) is 13.2 Å². The number of halogens is 1. The van der Waals surface area contributed by atoms with E-state index in [-0.39, 0.29) is 12.0 Å². The first-order chi connectivity index (χ1) is 8.59. The van der Waals surface area contributed by atoms with Crippen LogP contribution in [0, 0.1) is 0 Å². The predicted octanol–water partition coefficient (Wildman–Crippen LogP) is 2.78. The highest BCUT2D eigenvalue weighted by atomic mass is 79.9. The van der Waals surface area contributed by atoms with E-state index in [1.54, 1.807) is 18.5 Å². The summed E-state index contributed by atoms with van der Waals surface area (Å²) in [7, 11) is 0. The highest BCUT2D eigenvalue weighted by Gasteiger charge is 2.05. The van der Waals surface area contributed by atoms with Gasteiger partial charge in [0.2, 0.25) is 0 Å². The van der Waals surface area contributed by atoms with E-state index in [4.69, 9.17) is 4.74 Å². The molecule has 0 radical (unpaired) electrons.